The van der Waals surface area contributed by atoms with Crippen LogP contribution in [0.25, 0.3) is 11.1 Å². The summed E-state index contributed by atoms with van der Waals surface area (Å²) in [5, 5.41) is 30.2. The zero-order chi connectivity index (χ0) is 50.5. The summed E-state index contributed by atoms with van der Waals surface area (Å²) in [5.74, 6) is -4.38. The lowest BCUT2D eigenvalue weighted by molar-refractivity contribution is -0.148. The van der Waals surface area contributed by atoms with Crippen molar-refractivity contribution in [2.75, 3.05) is 66.0 Å². The van der Waals surface area contributed by atoms with Crippen LogP contribution in [0.1, 0.15) is 53.9 Å². The highest BCUT2D eigenvalue weighted by molar-refractivity contribution is 5.95. The van der Waals surface area contributed by atoms with Crippen LogP contribution in [0.4, 0.5) is 4.79 Å². The topological polar surface area (TPSA) is 272 Å². The van der Waals surface area contributed by atoms with Crippen LogP contribution in [-0.2, 0) is 54.1 Å². The molecule has 0 bridgehead atoms. The number of fused-ring (bicyclic) bond motifs is 3. The number of aliphatic hydroxyl groups is 2. The van der Waals surface area contributed by atoms with Crippen molar-refractivity contribution in [3.8, 4) is 16.9 Å². The van der Waals surface area contributed by atoms with Gasteiger partial charge in [0.15, 0.2) is 0 Å². The number of rotatable bonds is 26. The van der Waals surface area contributed by atoms with Gasteiger partial charge in [0, 0.05) is 37.6 Å². The first-order valence-corrected chi connectivity index (χ1v) is 23.4. The monoisotopic (exact) mass is 979 g/mol. The molecule has 5 unspecified atom stereocenters. The summed E-state index contributed by atoms with van der Waals surface area (Å²) in [5.41, 5.74) is 10.9. The minimum absolute atomic E-state index is 0.00603. The van der Waals surface area contributed by atoms with Crippen molar-refractivity contribution in [2.24, 2.45) is 5.73 Å². The molecule has 0 radical (unpaired) electrons. The molecule has 4 aromatic carbocycles. The molecule has 2 aliphatic rings. The summed E-state index contributed by atoms with van der Waals surface area (Å²) in [6, 6.07) is 25.4. The van der Waals surface area contributed by atoms with Gasteiger partial charge in [-0.15, -0.1) is 0 Å². The Kier molecular flexibility index (Phi) is 20.6. The minimum Gasteiger partial charge on any atom is -0.433 e. The molecule has 0 saturated carbocycles. The fourth-order valence-electron chi connectivity index (χ4n) is 8.18. The maximum atomic E-state index is 14.2. The zero-order valence-corrected chi connectivity index (χ0v) is 39.4. The number of nitrogens with two attached hydrogens (primary N) is 1. The summed E-state index contributed by atoms with van der Waals surface area (Å²) in [4.78, 5) is 80.3. The van der Waals surface area contributed by atoms with Crippen LogP contribution < -0.4 is 31.7 Å². The second-order valence-electron chi connectivity index (χ2n) is 16.6. The molecule has 8 N–H and O–H groups in total. The first kappa shape index (κ1) is 53.4. The Balaban J connectivity index is 1.05. The lowest BCUT2D eigenvalue weighted by atomic mass is 9.85. The van der Waals surface area contributed by atoms with E-state index in [-0.39, 0.29) is 57.4 Å². The van der Waals surface area contributed by atoms with Gasteiger partial charge in [-0.2, -0.15) is 0 Å². The van der Waals surface area contributed by atoms with Crippen LogP contribution in [0.3, 0.4) is 0 Å². The van der Waals surface area contributed by atoms with E-state index in [1.165, 1.54) is 0 Å². The van der Waals surface area contributed by atoms with Gasteiger partial charge in [-0.3, -0.25) is 19.2 Å². The molecule has 71 heavy (non-hydrogen) atoms. The van der Waals surface area contributed by atoms with Gasteiger partial charge in [-0.1, -0.05) is 91.0 Å². The van der Waals surface area contributed by atoms with Gasteiger partial charge >= 0.3 is 12.1 Å². The highest BCUT2D eigenvalue weighted by Gasteiger charge is 2.40. The second kappa shape index (κ2) is 27.4. The number of aliphatic hydroxyl groups excluding tert-OH is 2. The van der Waals surface area contributed by atoms with E-state index in [1.54, 1.807) is 67.6 Å². The van der Waals surface area contributed by atoms with Crippen molar-refractivity contribution in [1.29, 1.82) is 0 Å². The van der Waals surface area contributed by atoms with Crippen LogP contribution in [0.15, 0.2) is 115 Å². The van der Waals surface area contributed by atoms with Crippen molar-refractivity contribution >= 4 is 35.8 Å². The maximum absolute atomic E-state index is 14.2. The first-order valence-electron chi connectivity index (χ1n) is 23.4. The molecule has 4 aromatic rings. The Morgan fingerprint density at radius 3 is 1.87 bits per heavy atom. The Hall–Kier alpha value is -7.00. The SMILES string of the molecule is C/C=C1\CC(c2ccc(OC(=O)OCC3c4ccccc4-c4ccccc43)cc2)C(NC(=O)C(Cc2ccccc2)NC(=O)C(CO)NC(=O)C(CO)NC(=O)CCOCCOCCOCCN)C(=O)O1. The van der Waals surface area contributed by atoms with E-state index in [0.29, 0.717) is 43.3 Å². The fourth-order valence-corrected chi connectivity index (χ4v) is 8.18. The number of carbonyl (C=O) groups excluding carboxylic acids is 6. The van der Waals surface area contributed by atoms with Crippen LogP contribution in [-0.4, -0.2) is 136 Å². The molecule has 6 rings (SSSR count). The van der Waals surface area contributed by atoms with E-state index in [9.17, 15) is 39.0 Å². The molecule has 1 heterocycles. The Bertz CT molecular complexity index is 2410. The van der Waals surface area contributed by atoms with Crippen LogP contribution in [0.5, 0.6) is 5.75 Å². The summed E-state index contributed by atoms with van der Waals surface area (Å²) >= 11 is 0. The van der Waals surface area contributed by atoms with Crippen molar-refractivity contribution in [2.45, 2.75) is 62.2 Å². The van der Waals surface area contributed by atoms with Gasteiger partial charge in [0.05, 0.1) is 52.9 Å². The Morgan fingerprint density at radius 1 is 0.704 bits per heavy atom. The van der Waals surface area contributed by atoms with Crippen molar-refractivity contribution in [1.82, 2.24) is 21.3 Å². The van der Waals surface area contributed by atoms with Gasteiger partial charge < -0.3 is 65.6 Å². The summed E-state index contributed by atoms with van der Waals surface area (Å²) in [7, 11) is 0. The first-order chi connectivity index (χ1) is 34.5. The highest BCUT2D eigenvalue weighted by atomic mass is 16.7. The van der Waals surface area contributed by atoms with Gasteiger partial charge in [0.2, 0.25) is 23.6 Å². The molecule has 1 aliphatic carbocycles. The normalized spacial score (nSPS) is 16.9. The second-order valence-corrected chi connectivity index (χ2v) is 16.6. The number of nitrogens with one attached hydrogen (secondary N) is 4. The third kappa shape index (κ3) is 15.2. The quantitative estimate of drug-likeness (QED) is 0.0271. The van der Waals surface area contributed by atoms with Crippen LogP contribution in [0, 0.1) is 0 Å². The van der Waals surface area contributed by atoms with Crippen molar-refractivity contribution < 1.29 is 67.4 Å². The minimum atomic E-state index is -1.62. The molecule has 0 aromatic heterocycles. The molecule has 378 valence electrons. The summed E-state index contributed by atoms with van der Waals surface area (Å²) in [6.45, 7) is 2.06. The smallest absolute Gasteiger partial charge is 0.433 e. The predicted octanol–water partition coefficient (Wildman–Crippen LogP) is 2.51. The number of hydrogen-bond acceptors (Lipinski definition) is 15. The van der Waals surface area contributed by atoms with E-state index >= 15 is 0 Å². The lowest BCUT2D eigenvalue weighted by Crippen LogP contribution is -2.60. The van der Waals surface area contributed by atoms with Gasteiger partial charge in [-0.05, 0) is 58.5 Å². The maximum Gasteiger partial charge on any atom is 0.513 e. The number of benzene rings is 4. The summed E-state index contributed by atoms with van der Waals surface area (Å²) in [6.07, 6.45) is 0.729. The fraction of sp³-hybridized carbons (Fsp3) is 0.385. The number of cyclic esters (lactones) is 1. The number of esters is 1. The van der Waals surface area contributed by atoms with E-state index < -0.39 is 79.1 Å². The zero-order valence-electron chi connectivity index (χ0n) is 39.4. The number of ether oxygens (including phenoxy) is 6. The Labute approximate surface area is 411 Å². The largest absolute Gasteiger partial charge is 0.513 e. The van der Waals surface area contributed by atoms with Crippen molar-refractivity contribution in [3.05, 3.63) is 137 Å². The van der Waals surface area contributed by atoms with E-state index in [4.69, 9.17) is 34.2 Å². The summed E-state index contributed by atoms with van der Waals surface area (Å²) < 4.78 is 32.7. The Morgan fingerprint density at radius 2 is 1.27 bits per heavy atom. The molecule has 5 atom stereocenters. The van der Waals surface area contributed by atoms with Gasteiger partial charge in [-0.25, -0.2) is 9.59 Å². The number of allylic oxidation sites excluding steroid dienone is 2. The number of carbonyl (C=O) groups is 6. The predicted molar refractivity (Wildman–Crippen MR) is 258 cm³/mol. The number of amides is 4. The van der Waals surface area contributed by atoms with Gasteiger partial charge in [0.25, 0.3) is 0 Å². The average Bonchev–Trinajstić information content (AvgIpc) is 3.71. The van der Waals surface area contributed by atoms with E-state index in [1.807, 2.05) is 48.5 Å². The van der Waals surface area contributed by atoms with Crippen LogP contribution >= 0.6 is 0 Å². The molecule has 1 fully saturated rings. The molecular formula is C52H61N5O14. The molecule has 19 nitrogen and oxygen atoms in total. The third-order valence-corrected chi connectivity index (χ3v) is 11.8. The molecule has 1 aliphatic heterocycles. The number of hydrogen-bond donors (Lipinski definition) is 7. The highest BCUT2D eigenvalue weighted by Crippen LogP contribution is 2.44. The average molecular weight is 980 g/mol. The molecule has 0 spiro atoms. The molecule has 19 heteroatoms. The van der Waals surface area contributed by atoms with Crippen LogP contribution in [0.2, 0.25) is 0 Å². The van der Waals surface area contributed by atoms with E-state index in [0.717, 1.165) is 22.3 Å². The lowest BCUT2D eigenvalue weighted by Gasteiger charge is -2.33. The van der Waals surface area contributed by atoms with Gasteiger partial charge in [0.1, 0.15) is 42.3 Å². The molecule has 1 saturated heterocycles. The molecule has 4 amide bonds. The van der Waals surface area contributed by atoms with Crippen molar-refractivity contribution in [3.63, 3.8) is 0 Å². The third-order valence-electron chi connectivity index (χ3n) is 11.8. The standard InChI is InChI=1S/C52H61N5O14/c1-2-35-29-41(34-16-18-36(19-17-34)71-52(65)69-32-42-39-14-8-6-12-37(39)38-13-7-9-15-40(38)42)47(51(64)70-35)57-48(61)43(28-33-10-4-3-5-11-33)55-50(63)45(31-59)56-49(62)44(30-58)54-46(60)20-22-66-24-26-68-27-25-67-23-21-53/h2-19,41-45,47,58-59H,20-32,53H2,1H3,(H,54,60)(H,55,63)(H,56,62)(H,57,61)/b35-2+. The molecular weight excluding hydrogens is 919 g/mol. The van der Waals surface area contributed by atoms with E-state index in [2.05, 4.69) is 21.3 Å².